The van der Waals surface area contributed by atoms with E-state index >= 15 is 0 Å². The van der Waals surface area contributed by atoms with Crippen molar-refractivity contribution in [2.24, 2.45) is 7.05 Å². The van der Waals surface area contributed by atoms with Crippen LogP contribution in [0.5, 0.6) is 0 Å². The second-order valence-electron chi connectivity index (χ2n) is 5.51. The van der Waals surface area contributed by atoms with E-state index in [4.69, 9.17) is 11.6 Å². The Bertz CT molecular complexity index is 668. The van der Waals surface area contributed by atoms with E-state index < -0.39 is 16.1 Å². The quantitative estimate of drug-likeness (QED) is 0.870. The molecule has 1 aliphatic carbocycles. The molecule has 3 rings (SSSR count). The molecule has 1 N–H and O–H groups in total. The molecule has 1 amide bonds. The molecule has 0 bridgehead atoms. The van der Waals surface area contributed by atoms with Crippen molar-refractivity contribution in [1.29, 1.82) is 0 Å². The lowest BCUT2D eigenvalue weighted by Crippen LogP contribution is -2.46. The van der Waals surface area contributed by atoms with Crippen LogP contribution in [-0.4, -0.2) is 46.8 Å². The molecule has 1 saturated heterocycles. The summed E-state index contributed by atoms with van der Waals surface area (Å²) in [5.41, 5.74) is 0. The number of rotatable bonds is 4. The Labute approximate surface area is 128 Å². The molecule has 1 aromatic rings. The highest BCUT2D eigenvalue weighted by Gasteiger charge is 2.42. The molecule has 2 heterocycles. The van der Waals surface area contributed by atoms with Gasteiger partial charge < -0.3 is 9.88 Å². The van der Waals surface area contributed by atoms with Crippen molar-refractivity contribution in [2.45, 2.75) is 42.8 Å². The zero-order chi connectivity index (χ0) is 15.2. The van der Waals surface area contributed by atoms with E-state index in [1.807, 2.05) is 0 Å². The fraction of sp³-hybridized carbons (Fsp3) is 0.667. The van der Waals surface area contributed by atoms with Crippen LogP contribution in [0, 0.1) is 0 Å². The van der Waals surface area contributed by atoms with Crippen molar-refractivity contribution in [1.82, 2.24) is 19.2 Å². The number of nitrogens with zero attached hydrogens (tertiary/aromatic N) is 3. The van der Waals surface area contributed by atoms with Crippen LogP contribution in [0.25, 0.3) is 0 Å². The first-order valence-electron chi connectivity index (χ1n) is 6.90. The highest BCUT2D eigenvalue weighted by molar-refractivity contribution is 7.89. The van der Waals surface area contributed by atoms with Gasteiger partial charge in [0.25, 0.3) is 10.0 Å². The number of hydrogen-bond acceptors (Lipinski definition) is 4. The van der Waals surface area contributed by atoms with Crippen molar-refractivity contribution in [3.63, 3.8) is 0 Å². The van der Waals surface area contributed by atoms with Crippen LogP contribution < -0.4 is 5.32 Å². The summed E-state index contributed by atoms with van der Waals surface area (Å²) in [6, 6.07) is -0.449. The minimum Gasteiger partial charge on any atom is -0.352 e. The maximum atomic E-state index is 12.7. The van der Waals surface area contributed by atoms with Crippen LogP contribution in [0.2, 0.25) is 5.15 Å². The Morgan fingerprint density at radius 2 is 2.14 bits per heavy atom. The molecule has 0 unspecified atom stereocenters. The van der Waals surface area contributed by atoms with Gasteiger partial charge in [0.1, 0.15) is 11.2 Å². The first-order valence-corrected chi connectivity index (χ1v) is 8.72. The van der Waals surface area contributed by atoms with Crippen molar-refractivity contribution in [3.8, 4) is 0 Å². The van der Waals surface area contributed by atoms with Gasteiger partial charge in [-0.15, -0.1) is 0 Å². The zero-order valence-corrected chi connectivity index (χ0v) is 13.2. The molecule has 1 saturated carbocycles. The number of imidazole rings is 1. The average Bonchev–Trinajstić information content (AvgIpc) is 2.98. The summed E-state index contributed by atoms with van der Waals surface area (Å²) < 4.78 is 28.0. The van der Waals surface area contributed by atoms with Crippen LogP contribution >= 0.6 is 11.6 Å². The summed E-state index contributed by atoms with van der Waals surface area (Å²) in [5.74, 6) is -0.217. The fourth-order valence-corrected chi connectivity index (χ4v) is 4.54. The van der Waals surface area contributed by atoms with Gasteiger partial charge in [-0.3, -0.25) is 4.79 Å². The molecule has 21 heavy (non-hydrogen) atoms. The highest BCUT2D eigenvalue weighted by Crippen LogP contribution is 2.29. The lowest BCUT2D eigenvalue weighted by atomic mass is 10.2. The second kappa shape index (κ2) is 5.26. The number of carbonyl (C=O) groups is 1. The maximum absolute atomic E-state index is 12.7. The molecule has 1 aliphatic heterocycles. The molecule has 1 aromatic heterocycles. The largest absolute Gasteiger partial charge is 0.352 e. The number of nitrogens with one attached hydrogen (secondary N) is 1. The van der Waals surface area contributed by atoms with E-state index in [0.29, 0.717) is 19.4 Å². The summed E-state index contributed by atoms with van der Waals surface area (Å²) >= 11 is 5.99. The van der Waals surface area contributed by atoms with Crippen LogP contribution in [-0.2, 0) is 21.9 Å². The summed E-state index contributed by atoms with van der Waals surface area (Å²) in [6.07, 6.45) is 4.48. The van der Waals surface area contributed by atoms with Gasteiger partial charge in [0.15, 0.2) is 0 Å². The van der Waals surface area contributed by atoms with Crippen LogP contribution in [0.1, 0.15) is 25.7 Å². The third kappa shape index (κ3) is 2.67. The fourth-order valence-electron chi connectivity index (χ4n) is 2.49. The van der Waals surface area contributed by atoms with E-state index in [1.54, 1.807) is 7.05 Å². The molecule has 9 heteroatoms. The minimum absolute atomic E-state index is 0.0586. The Morgan fingerprint density at radius 1 is 1.43 bits per heavy atom. The number of aromatic nitrogens is 2. The lowest BCUT2D eigenvalue weighted by molar-refractivity contribution is -0.124. The van der Waals surface area contributed by atoms with Gasteiger partial charge in [0.2, 0.25) is 10.9 Å². The number of hydrogen-bond donors (Lipinski definition) is 1. The average molecular weight is 333 g/mol. The zero-order valence-electron chi connectivity index (χ0n) is 11.6. The van der Waals surface area contributed by atoms with E-state index in [1.165, 1.54) is 15.2 Å². The first kappa shape index (κ1) is 14.8. The molecular weight excluding hydrogens is 316 g/mol. The number of amides is 1. The Kier molecular flexibility index (Phi) is 3.71. The van der Waals surface area contributed by atoms with E-state index in [-0.39, 0.29) is 22.1 Å². The van der Waals surface area contributed by atoms with E-state index in [0.717, 1.165) is 12.8 Å². The summed E-state index contributed by atoms with van der Waals surface area (Å²) in [5, 5.41) is 2.74. The first-order chi connectivity index (χ1) is 9.91. The van der Waals surface area contributed by atoms with Gasteiger partial charge in [-0.2, -0.15) is 4.31 Å². The summed E-state index contributed by atoms with van der Waals surface area (Å²) in [4.78, 5) is 16.1. The molecule has 1 atom stereocenters. The smallest absolute Gasteiger partial charge is 0.264 e. The third-order valence-electron chi connectivity index (χ3n) is 3.82. The molecule has 2 fully saturated rings. The Balaban J connectivity index is 1.86. The van der Waals surface area contributed by atoms with Crippen LogP contribution in [0.3, 0.4) is 0 Å². The molecule has 7 nitrogen and oxygen atoms in total. The summed E-state index contributed by atoms with van der Waals surface area (Å²) in [7, 11) is -2.23. The predicted molar refractivity (Wildman–Crippen MR) is 76.3 cm³/mol. The molecule has 2 aliphatic rings. The third-order valence-corrected chi connectivity index (χ3v) is 6.22. The van der Waals surface area contributed by atoms with Crippen LogP contribution in [0.4, 0.5) is 0 Å². The number of aryl methyl sites for hydroxylation is 1. The number of halogens is 1. The minimum atomic E-state index is -3.85. The van der Waals surface area contributed by atoms with Gasteiger partial charge in [-0.25, -0.2) is 13.4 Å². The topological polar surface area (TPSA) is 84.3 Å². The Hall–Kier alpha value is -1.12. The monoisotopic (exact) mass is 332 g/mol. The molecule has 116 valence electrons. The van der Waals surface area contributed by atoms with Crippen molar-refractivity contribution < 1.29 is 13.2 Å². The predicted octanol–water partition coefficient (Wildman–Crippen LogP) is 0.505. The van der Waals surface area contributed by atoms with Crippen LogP contribution in [0.15, 0.2) is 11.4 Å². The van der Waals surface area contributed by atoms with Gasteiger partial charge in [0.05, 0.1) is 6.33 Å². The lowest BCUT2D eigenvalue weighted by Gasteiger charge is -2.22. The van der Waals surface area contributed by atoms with E-state index in [2.05, 4.69) is 10.3 Å². The molecular formula is C12H17ClN4O3S. The highest BCUT2D eigenvalue weighted by atomic mass is 35.5. The van der Waals surface area contributed by atoms with Crippen molar-refractivity contribution in [3.05, 3.63) is 11.5 Å². The Morgan fingerprint density at radius 3 is 2.71 bits per heavy atom. The maximum Gasteiger partial charge on any atom is 0.264 e. The standard InChI is InChI=1S/C12H17ClN4O3S/c1-16-7-14-12(10(16)13)21(19,20)17-6-2-3-9(17)11(18)15-8-4-5-8/h7-9H,2-6H2,1H3,(H,15,18)/t9-/m1/s1. The second-order valence-corrected chi connectivity index (χ2v) is 7.67. The van der Waals surface area contributed by atoms with Gasteiger partial charge in [-0.1, -0.05) is 11.6 Å². The van der Waals surface area contributed by atoms with Crippen molar-refractivity contribution in [2.75, 3.05) is 6.54 Å². The summed E-state index contributed by atoms with van der Waals surface area (Å²) in [6.45, 7) is 0.317. The van der Waals surface area contributed by atoms with Crippen molar-refractivity contribution >= 4 is 27.5 Å². The molecule has 0 radical (unpaired) electrons. The number of sulfonamides is 1. The van der Waals surface area contributed by atoms with Gasteiger partial charge >= 0.3 is 0 Å². The van der Waals surface area contributed by atoms with E-state index in [9.17, 15) is 13.2 Å². The molecule has 0 aromatic carbocycles. The van der Waals surface area contributed by atoms with Gasteiger partial charge in [0, 0.05) is 19.6 Å². The van der Waals surface area contributed by atoms with Gasteiger partial charge in [-0.05, 0) is 25.7 Å². The number of carbonyl (C=O) groups excluding carboxylic acids is 1. The molecule has 0 spiro atoms. The SMILES string of the molecule is Cn1cnc(S(=O)(=O)N2CCC[C@@H]2C(=O)NC2CC2)c1Cl. The normalized spacial score (nSPS) is 23.4.